The van der Waals surface area contributed by atoms with Gasteiger partial charge in [-0.15, -0.1) is 0 Å². The van der Waals surface area contributed by atoms with Gasteiger partial charge in [-0.2, -0.15) is 0 Å². The third-order valence-electron chi connectivity index (χ3n) is 3.44. The predicted octanol–water partition coefficient (Wildman–Crippen LogP) is 3.54. The quantitative estimate of drug-likeness (QED) is 0.816. The molecular weight excluding hydrogens is 236 g/mol. The number of hydrogen-bond acceptors (Lipinski definition) is 3. The van der Waals surface area contributed by atoms with Crippen molar-refractivity contribution in [3.05, 3.63) is 23.7 Å². The molecule has 0 unspecified atom stereocenters. The molecule has 0 bridgehead atoms. The third-order valence-corrected chi connectivity index (χ3v) is 3.44. The summed E-state index contributed by atoms with van der Waals surface area (Å²) in [6, 6.07) is 5.04. The molecule has 0 saturated heterocycles. The first kappa shape index (κ1) is 14.6. The Labute approximate surface area is 117 Å². The topological polar surface area (TPSA) is 28.4 Å². The second-order valence-electron chi connectivity index (χ2n) is 6.67. The number of hydrogen-bond donors (Lipinski definition) is 1. The fourth-order valence-corrected chi connectivity index (χ4v) is 2.27. The molecule has 0 radical (unpaired) electrons. The zero-order chi connectivity index (χ0) is 13.9. The molecule has 1 heterocycles. The molecule has 0 atom stereocenters. The van der Waals surface area contributed by atoms with E-state index in [1.54, 1.807) is 0 Å². The van der Waals surface area contributed by atoms with Crippen LogP contribution in [0.2, 0.25) is 0 Å². The zero-order valence-corrected chi connectivity index (χ0v) is 12.8. The van der Waals surface area contributed by atoms with Gasteiger partial charge in [-0.1, -0.05) is 6.92 Å². The van der Waals surface area contributed by atoms with E-state index in [0.29, 0.717) is 0 Å². The van der Waals surface area contributed by atoms with Gasteiger partial charge in [0.25, 0.3) is 0 Å². The number of furan rings is 1. The lowest BCUT2D eigenvalue weighted by atomic mass is 10.1. The highest BCUT2D eigenvalue weighted by Crippen LogP contribution is 2.28. The highest BCUT2D eigenvalue weighted by Gasteiger charge is 2.28. The van der Waals surface area contributed by atoms with Crippen LogP contribution in [-0.2, 0) is 13.1 Å². The fourth-order valence-electron chi connectivity index (χ4n) is 2.27. The van der Waals surface area contributed by atoms with Crippen LogP contribution >= 0.6 is 0 Å². The first-order valence-corrected chi connectivity index (χ1v) is 7.54. The van der Waals surface area contributed by atoms with Crippen LogP contribution in [-0.4, -0.2) is 23.0 Å². The van der Waals surface area contributed by atoms with Gasteiger partial charge in [-0.3, -0.25) is 4.90 Å². The van der Waals surface area contributed by atoms with Crippen molar-refractivity contribution in [3.63, 3.8) is 0 Å². The molecule has 0 aliphatic heterocycles. The molecule has 1 saturated carbocycles. The Bertz CT molecular complexity index is 388. The van der Waals surface area contributed by atoms with Gasteiger partial charge in [0.05, 0.1) is 13.1 Å². The minimum absolute atomic E-state index is 0.134. The molecule has 1 aliphatic rings. The van der Waals surface area contributed by atoms with Crippen molar-refractivity contribution in [2.75, 3.05) is 6.54 Å². The van der Waals surface area contributed by atoms with Gasteiger partial charge in [-0.05, 0) is 58.7 Å². The van der Waals surface area contributed by atoms with Gasteiger partial charge in [0.1, 0.15) is 11.5 Å². The lowest BCUT2D eigenvalue weighted by molar-refractivity contribution is 0.230. The van der Waals surface area contributed by atoms with Crippen LogP contribution in [0.15, 0.2) is 16.5 Å². The van der Waals surface area contributed by atoms with Crippen molar-refractivity contribution in [3.8, 4) is 0 Å². The molecule has 1 aromatic heterocycles. The molecule has 1 aliphatic carbocycles. The van der Waals surface area contributed by atoms with Gasteiger partial charge in [-0.25, -0.2) is 0 Å². The smallest absolute Gasteiger partial charge is 0.118 e. The molecular formula is C16H28N2O. The Morgan fingerprint density at radius 1 is 1.26 bits per heavy atom. The standard InChI is InChI=1S/C16H28N2O/c1-5-10-18(13-6-7-13)12-15-9-8-14(19-15)11-17-16(2,3)4/h8-9,13,17H,5-7,10-12H2,1-4H3. The number of nitrogens with zero attached hydrogens (tertiary/aromatic N) is 1. The molecule has 2 rings (SSSR count). The SMILES string of the molecule is CCCN(Cc1ccc(CNC(C)(C)C)o1)C1CC1. The lowest BCUT2D eigenvalue weighted by Crippen LogP contribution is -2.34. The summed E-state index contributed by atoms with van der Waals surface area (Å²) in [4.78, 5) is 2.56. The van der Waals surface area contributed by atoms with E-state index in [1.165, 1.54) is 25.8 Å². The average Bonchev–Trinajstić information content (AvgIpc) is 3.07. The average molecular weight is 264 g/mol. The maximum atomic E-state index is 5.93. The monoisotopic (exact) mass is 264 g/mol. The Morgan fingerprint density at radius 2 is 1.95 bits per heavy atom. The van der Waals surface area contributed by atoms with Crippen LogP contribution in [0.5, 0.6) is 0 Å². The van der Waals surface area contributed by atoms with E-state index in [0.717, 1.165) is 30.7 Å². The summed E-state index contributed by atoms with van der Waals surface area (Å²) in [6.07, 6.45) is 3.94. The van der Waals surface area contributed by atoms with Crippen LogP contribution < -0.4 is 5.32 Å². The van der Waals surface area contributed by atoms with Crippen LogP contribution in [0.1, 0.15) is 58.5 Å². The van der Waals surface area contributed by atoms with Crippen LogP contribution in [0, 0.1) is 0 Å². The van der Waals surface area contributed by atoms with Crippen molar-refractivity contribution in [1.82, 2.24) is 10.2 Å². The highest BCUT2D eigenvalue weighted by atomic mass is 16.3. The maximum absolute atomic E-state index is 5.93. The summed E-state index contributed by atoms with van der Waals surface area (Å²) in [5.74, 6) is 2.14. The van der Waals surface area contributed by atoms with Crippen molar-refractivity contribution >= 4 is 0 Å². The minimum Gasteiger partial charge on any atom is -0.463 e. The largest absolute Gasteiger partial charge is 0.463 e. The first-order chi connectivity index (χ1) is 8.98. The van der Waals surface area contributed by atoms with Gasteiger partial charge < -0.3 is 9.73 Å². The third kappa shape index (κ3) is 5.00. The second kappa shape index (κ2) is 6.10. The van der Waals surface area contributed by atoms with Gasteiger partial charge in [0.2, 0.25) is 0 Å². The van der Waals surface area contributed by atoms with Crippen LogP contribution in [0.3, 0.4) is 0 Å². The maximum Gasteiger partial charge on any atom is 0.118 e. The molecule has 3 heteroatoms. The van der Waals surface area contributed by atoms with Crippen molar-refractivity contribution in [2.24, 2.45) is 0 Å². The molecule has 19 heavy (non-hydrogen) atoms. The number of rotatable bonds is 7. The van der Waals surface area contributed by atoms with E-state index in [1.807, 2.05) is 0 Å². The Kier molecular flexibility index (Phi) is 4.69. The summed E-state index contributed by atoms with van der Waals surface area (Å²) in [6.45, 7) is 11.7. The molecule has 1 aromatic rings. The second-order valence-corrected chi connectivity index (χ2v) is 6.67. The molecule has 1 N–H and O–H groups in total. The van der Waals surface area contributed by atoms with Crippen LogP contribution in [0.4, 0.5) is 0 Å². The van der Waals surface area contributed by atoms with E-state index in [4.69, 9.17) is 4.42 Å². The summed E-state index contributed by atoms with van der Waals surface area (Å²) in [5, 5.41) is 3.46. The van der Waals surface area contributed by atoms with Gasteiger partial charge in [0, 0.05) is 11.6 Å². The minimum atomic E-state index is 0.134. The summed E-state index contributed by atoms with van der Waals surface area (Å²) in [7, 11) is 0. The predicted molar refractivity (Wildman–Crippen MR) is 79.0 cm³/mol. The summed E-state index contributed by atoms with van der Waals surface area (Å²) < 4.78 is 5.93. The molecule has 3 nitrogen and oxygen atoms in total. The van der Waals surface area contributed by atoms with Crippen LogP contribution in [0.25, 0.3) is 0 Å². The normalized spacial score (nSPS) is 16.3. The van der Waals surface area contributed by atoms with Gasteiger partial charge in [0.15, 0.2) is 0 Å². The Balaban J connectivity index is 1.85. The molecule has 0 amide bonds. The van der Waals surface area contributed by atoms with E-state index in [2.05, 4.69) is 50.0 Å². The van der Waals surface area contributed by atoms with E-state index < -0.39 is 0 Å². The van der Waals surface area contributed by atoms with Crippen molar-refractivity contribution in [1.29, 1.82) is 0 Å². The van der Waals surface area contributed by atoms with Crippen molar-refractivity contribution in [2.45, 2.75) is 71.6 Å². The van der Waals surface area contributed by atoms with E-state index in [-0.39, 0.29) is 5.54 Å². The highest BCUT2D eigenvalue weighted by molar-refractivity contribution is 5.08. The summed E-state index contributed by atoms with van der Waals surface area (Å²) >= 11 is 0. The van der Waals surface area contributed by atoms with E-state index >= 15 is 0 Å². The summed E-state index contributed by atoms with van der Waals surface area (Å²) in [5.41, 5.74) is 0.134. The first-order valence-electron chi connectivity index (χ1n) is 7.54. The van der Waals surface area contributed by atoms with Crippen molar-refractivity contribution < 1.29 is 4.42 Å². The Morgan fingerprint density at radius 3 is 2.53 bits per heavy atom. The zero-order valence-electron chi connectivity index (χ0n) is 12.8. The Hall–Kier alpha value is -0.800. The fraction of sp³-hybridized carbons (Fsp3) is 0.750. The number of nitrogens with one attached hydrogen (secondary N) is 1. The molecule has 108 valence electrons. The lowest BCUT2D eigenvalue weighted by Gasteiger charge is -2.20. The molecule has 0 spiro atoms. The molecule has 0 aromatic carbocycles. The van der Waals surface area contributed by atoms with Gasteiger partial charge >= 0.3 is 0 Å². The molecule has 1 fully saturated rings. The van der Waals surface area contributed by atoms with E-state index in [9.17, 15) is 0 Å².